The maximum absolute atomic E-state index is 12.6. The van der Waals surface area contributed by atoms with Gasteiger partial charge in [0.15, 0.2) is 6.29 Å². The Morgan fingerprint density at radius 1 is 1.12 bits per heavy atom. The molecule has 0 radical (unpaired) electrons. The van der Waals surface area contributed by atoms with E-state index in [1.54, 1.807) is 5.57 Å². The van der Waals surface area contributed by atoms with Crippen LogP contribution in [0.4, 0.5) is 0 Å². The van der Waals surface area contributed by atoms with Crippen molar-refractivity contribution in [1.29, 1.82) is 0 Å². The van der Waals surface area contributed by atoms with E-state index < -0.39 is 12.4 Å². The topological polar surface area (TPSA) is 59.0 Å². The number of aliphatic hydroxyl groups excluding tert-OH is 1. The molecular formula is C27H43NO4. The van der Waals surface area contributed by atoms with Crippen molar-refractivity contribution in [3.8, 4) is 0 Å². The van der Waals surface area contributed by atoms with Crippen LogP contribution in [0.25, 0.3) is 0 Å². The number of hydrogen-bond acceptors (Lipinski definition) is 5. The summed E-state index contributed by atoms with van der Waals surface area (Å²) < 4.78 is 12.5. The van der Waals surface area contributed by atoms with Crippen molar-refractivity contribution >= 4 is 5.78 Å². The molecule has 5 nitrogen and oxygen atoms in total. The van der Waals surface area contributed by atoms with Gasteiger partial charge in [0.05, 0.1) is 12.2 Å². The molecule has 32 heavy (non-hydrogen) atoms. The lowest BCUT2D eigenvalue weighted by Gasteiger charge is -2.57. The van der Waals surface area contributed by atoms with Crippen molar-refractivity contribution in [2.24, 2.45) is 28.6 Å². The highest BCUT2D eigenvalue weighted by molar-refractivity contribution is 5.87. The SMILES string of the molecule is CC1CC(N(C)C)C(O)[C@H](O[C@H]2CC[C@@]3(C)C(=CC[C@@H]4[C@@H]3CC[C@]3(C)C(=O)CC[C@@H]43)C2)O1. The first-order valence-electron chi connectivity index (χ1n) is 13.0. The first kappa shape index (κ1) is 23.0. The molecule has 0 spiro atoms. The summed E-state index contributed by atoms with van der Waals surface area (Å²) >= 11 is 0. The Labute approximate surface area is 193 Å². The van der Waals surface area contributed by atoms with Gasteiger partial charge in [0.1, 0.15) is 11.9 Å². The standard InChI is InChI=1S/C27H43NO4/c1-16-14-22(28(4)5)24(30)25(31-16)32-18-10-12-26(2)17(15-18)6-7-19-20-8-9-23(29)27(20,3)13-11-21(19)26/h6,16,18-22,24-25,30H,7-15H2,1-5H3/t16?,18-,19-,20-,21-,22?,24?,25-,26-,27-/m0/s1. The van der Waals surface area contributed by atoms with Gasteiger partial charge in [-0.3, -0.25) is 4.79 Å². The van der Waals surface area contributed by atoms with Crippen LogP contribution in [-0.2, 0) is 14.3 Å². The first-order chi connectivity index (χ1) is 15.1. The number of likely N-dealkylation sites (N-methyl/N-ethyl adjacent to an activating group) is 1. The van der Waals surface area contributed by atoms with Gasteiger partial charge >= 0.3 is 0 Å². The molecule has 0 aromatic carbocycles. The van der Waals surface area contributed by atoms with Crippen LogP contribution in [0.3, 0.4) is 0 Å². The molecule has 0 amide bonds. The number of hydrogen-bond donors (Lipinski definition) is 1. The summed E-state index contributed by atoms with van der Waals surface area (Å²) in [4.78, 5) is 14.7. The van der Waals surface area contributed by atoms with Gasteiger partial charge in [-0.2, -0.15) is 0 Å². The van der Waals surface area contributed by atoms with Gasteiger partial charge in [-0.05, 0) is 95.6 Å². The molecule has 1 aliphatic heterocycles. The Morgan fingerprint density at radius 2 is 1.84 bits per heavy atom. The number of nitrogens with zero attached hydrogens (tertiary/aromatic N) is 1. The monoisotopic (exact) mass is 445 g/mol. The quantitative estimate of drug-likeness (QED) is 0.655. The number of rotatable bonds is 3. The lowest BCUT2D eigenvalue weighted by Crippen LogP contribution is -2.55. The molecule has 0 bridgehead atoms. The average Bonchev–Trinajstić information content (AvgIpc) is 3.05. The zero-order chi connectivity index (χ0) is 22.8. The molecular weight excluding hydrogens is 402 g/mol. The van der Waals surface area contributed by atoms with Crippen LogP contribution in [0, 0.1) is 28.6 Å². The van der Waals surface area contributed by atoms with Crippen LogP contribution in [0.1, 0.15) is 78.6 Å². The summed E-state index contributed by atoms with van der Waals surface area (Å²) in [5, 5.41) is 10.9. The fourth-order valence-electron chi connectivity index (χ4n) is 8.36. The normalized spacial score (nSPS) is 51.1. The number of ether oxygens (including phenoxy) is 2. The van der Waals surface area contributed by atoms with E-state index in [-0.39, 0.29) is 29.1 Å². The first-order valence-corrected chi connectivity index (χ1v) is 13.0. The van der Waals surface area contributed by atoms with Crippen LogP contribution in [0.15, 0.2) is 11.6 Å². The van der Waals surface area contributed by atoms with Crippen molar-refractivity contribution in [3.05, 3.63) is 11.6 Å². The number of fused-ring (bicyclic) bond motifs is 5. The molecule has 4 fully saturated rings. The Hall–Kier alpha value is -0.750. The van der Waals surface area contributed by atoms with Crippen LogP contribution in [-0.4, -0.2) is 60.5 Å². The van der Waals surface area contributed by atoms with E-state index in [0.717, 1.165) is 51.4 Å². The van der Waals surface area contributed by atoms with Gasteiger partial charge in [0, 0.05) is 17.9 Å². The number of ketones is 1. The molecule has 180 valence electrons. The number of carbonyl (C=O) groups excluding carboxylic acids is 1. The Balaban J connectivity index is 1.29. The second kappa shape index (κ2) is 8.18. The number of allylic oxidation sites excluding steroid dienone is 1. The maximum atomic E-state index is 12.6. The molecule has 1 N–H and O–H groups in total. The van der Waals surface area contributed by atoms with Crippen LogP contribution in [0.5, 0.6) is 0 Å². The highest BCUT2D eigenvalue weighted by Crippen LogP contribution is 2.64. The van der Waals surface area contributed by atoms with Gasteiger partial charge in [0.2, 0.25) is 0 Å². The van der Waals surface area contributed by atoms with Gasteiger partial charge in [-0.15, -0.1) is 0 Å². The number of Topliss-reactive ketones (excluding diaryl/α,β-unsaturated/α-hetero) is 1. The van der Waals surface area contributed by atoms with E-state index in [1.807, 2.05) is 14.1 Å². The zero-order valence-corrected chi connectivity index (χ0v) is 20.7. The lowest BCUT2D eigenvalue weighted by atomic mass is 9.48. The predicted molar refractivity (Wildman–Crippen MR) is 124 cm³/mol. The van der Waals surface area contributed by atoms with Crippen LogP contribution >= 0.6 is 0 Å². The highest BCUT2D eigenvalue weighted by Gasteiger charge is 2.58. The minimum Gasteiger partial charge on any atom is -0.386 e. The second-order valence-corrected chi connectivity index (χ2v) is 12.3. The van der Waals surface area contributed by atoms with Crippen molar-refractivity contribution < 1.29 is 19.4 Å². The highest BCUT2D eigenvalue weighted by atomic mass is 16.7. The van der Waals surface area contributed by atoms with E-state index in [4.69, 9.17) is 9.47 Å². The summed E-state index contributed by atoms with van der Waals surface area (Å²) in [6.45, 7) is 6.82. The predicted octanol–water partition coefficient (Wildman–Crippen LogP) is 4.33. The molecule has 5 rings (SSSR count). The molecule has 0 aromatic heterocycles. The van der Waals surface area contributed by atoms with Gasteiger partial charge < -0.3 is 19.5 Å². The van der Waals surface area contributed by atoms with Crippen molar-refractivity contribution in [1.82, 2.24) is 4.90 Å². The lowest BCUT2D eigenvalue weighted by molar-refractivity contribution is -0.270. The third-order valence-corrected chi connectivity index (χ3v) is 10.4. The summed E-state index contributed by atoms with van der Waals surface area (Å²) in [5.74, 6) is 2.46. The molecule has 3 saturated carbocycles. The summed E-state index contributed by atoms with van der Waals surface area (Å²) in [6.07, 6.45) is 10.8. The average molecular weight is 446 g/mol. The van der Waals surface area contributed by atoms with Gasteiger partial charge in [-0.25, -0.2) is 0 Å². The maximum Gasteiger partial charge on any atom is 0.185 e. The van der Waals surface area contributed by atoms with Crippen molar-refractivity contribution in [2.75, 3.05) is 14.1 Å². The van der Waals surface area contributed by atoms with E-state index in [1.165, 1.54) is 6.42 Å². The molecule has 3 unspecified atom stereocenters. The second-order valence-electron chi connectivity index (χ2n) is 12.3. The fourth-order valence-corrected chi connectivity index (χ4v) is 8.36. The largest absolute Gasteiger partial charge is 0.386 e. The third-order valence-electron chi connectivity index (χ3n) is 10.4. The fraction of sp³-hybridized carbons (Fsp3) is 0.889. The van der Waals surface area contributed by atoms with E-state index in [9.17, 15) is 9.90 Å². The number of aliphatic hydroxyl groups is 1. The molecule has 5 heteroatoms. The third kappa shape index (κ3) is 3.54. The van der Waals surface area contributed by atoms with Crippen LogP contribution < -0.4 is 0 Å². The zero-order valence-electron chi connectivity index (χ0n) is 20.7. The Bertz CT molecular complexity index is 780. The summed E-state index contributed by atoms with van der Waals surface area (Å²) in [5.41, 5.74) is 1.74. The molecule has 5 aliphatic rings. The minimum atomic E-state index is -0.616. The van der Waals surface area contributed by atoms with Crippen molar-refractivity contribution in [2.45, 2.75) is 109 Å². The smallest absolute Gasteiger partial charge is 0.185 e. The molecule has 1 saturated heterocycles. The molecule has 4 aliphatic carbocycles. The molecule has 10 atom stereocenters. The Kier molecular flexibility index (Phi) is 5.88. The minimum absolute atomic E-state index is 0.0582. The summed E-state index contributed by atoms with van der Waals surface area (Å²) in [7, 11) is 4.04. The molecule has 0 aromatic rings. The van der Waals surface area contributed by atoms with E-state index in [2.05, 4.69) is 31.7 Å². The Morgan fingerprint density at radius 3 is 2.59 bits per heavy atom. The molecule has 1 heterocycles. The van der Waals surface area contributed by atoms with Gasteiger partial charge in [-0.1, -0.05) is 25.5 Å². The van der Waals surface area contributed by atoms with Gasteiger partial charge in [0.25, 0.3) is 0 Å². The number of carbonyl (C=O) groups is 1. The van der Waals surface area contributed by atoms with E-state index >= 15 is 0 Å². The van der Waals surface area contributed by atoms with Crippen LogP contribution in [0.2, 0.25) is 0 Å². The summed E-state index contributed by atoms with van der Waals surface area (Å²) in [6, 6.07) is 0.0675. The van der Waals surface area contributed by atoms with E-state index in [0.29, 0.717) is 23.5 Å². The van der Waals surface area contributed by atoms with Crippen molar-refractivity contribution in [3.63, 3.8) is 0 Å².